The van der Waals surface area contributed by atoms with Gasteiger partial charge in [0.1, 0.15) is 0 Å². The average Bonchev–Trinajstić information content (AvgIpc) is 2.97. The van der Waals surface area contributed by atoms with Gasteiger partial charge in [0, 0.05) is 18.7 Å². The summed E-state index contributed by atoms with van der Waals surface area (Å²) in [6.45, 7) is 4.78. The number of ether oxygens (including phenoxy) is 2. The number of fused-ring (bicyclic) bond motifs is 1. The van der Waals surface area contributed by atoms with Crippen LogP contribution in [-0.4, -0.2) is 24.7 Å². The number of methoxy groups -OCH3 is 2. The van der Waals surface area contributed by atoms with Crippen LogP contribution in [0.1, 0.15) is 18.1 Å². The van der Waals surface area contributed by atoms with Crippen molar-refractivity contribution in [2.45, 2.75) is 26.8 Å². The van der Waals surface area contributed by atoms with Crippen molar-refractivity contribution in [2.75, 3.05) is 14.2 Å². The Hall–Kier alpha value is -2.60. The molecule has 0 atom stereocenters. The molecule has 1 heterocycles. The van der Waals surface area contributed by atoms with Gasteiger partial charge in [0.05, 0.1) is 30.9 Å². The second-order valence-electron chi connectivity index (χ2n) is 5.97. The highest BCUT2D eigenvalue weighted by Crippen LogP contribution is 2.33. The van der Waals surface area contributed by atoms with Crippen LogP contribution in [-0.2, 0) is 17.8 Å². The number of carbonyl (C=O) groups excluding carboxylic acids is 1. The zero-order valence-corrected chi connectivity index (χ0v) is 16.2. The van der Waals surface area contributed by atoms with E-state index >= 15 is 0 Å². The molecule has 0 fully saturated rings. The molecule has 1 aromatic heterocycles. The zero-order valence-electron chi connectivity index (χ0n) is 15.4. The molecule has 2 aromatic carbocycles. The molecule has 0 aliphatic rings. The van der Waals surface area contributed by atoms with Crippen LogP contribution in [0.5, 0.6) is 11.5 Å². The number of aryl methyl sites for hydroxylation is 2. The van der Waals surface area contributed by atoms with Crippen molar-refractivity contribution in [3.63, 3.8) is 0 Å². The lowest BCUT2D eigenvalue weighted by Crippen LogP contribution is -2.16. The third-order valence-corrected chi connectivity index (χ3v) is 5.24. The molecule has 0 aliphatic heterocycles. The Balaban J connectivity index is 2.01. The number of thiazole rings is 1. The summed E-state index contributed by atoms with van der Waals surface area (Å²) >= 11 is 1.48. The van der Waals surface area contributed by atoms with Crippen molar-refractivity contribution in [3.8, 4) is 11.5 Å². The summed E-state index contributed by atoms with van der Waals surface area (Å²) < 4.78 is 13.8. The molecule has 0 radical (unpaired) electrons. The summed E-state index contributed by atoms with van der Waals surface area (Å²) in [4.78, 5) is 17.5. The van der Waals surface area contributed by atoms with Gasteiger partial charge in [0.2, 0.25) is 0 Å². The molecule has 5 nitrogen and oxygen atoms in total. The molecule has 26 heavy (non-hydrogen) atoms. The van der Waals surface area contributed by atoms with Gasteiger partial charge in [0.25, 0.3) is 5.91 Å². The summed E-state index contributed by atoms with van der Waals surface area (Å²) in [5.41, 5.74) is 3.13. The fourth-order valence-electron chi connectivity index (χ4n) is 2.81. The maximum Gasteiger partial charge on any atom is 0.252 e. The molecule has 136 valence electrons. The first-order valence-corrected chi connectivity index (χ1v) is 9.25. The average molecular weight is 370 g/mol. The Bertz CT molecular complexity index is 1000. The molecule has 0 aliphatic carbocycles. The van der Waals surface area contributed by atoms with E-state index in [1.54, 1.807) is 14.2 Å². The van der Waals surface area contributed by atoms with Gasteiger partial charge in [-0.3, -0.25) is 4.79 Å². The predicted octanol–water partition coefficient (Wildman–Crippen LogP) is 3.72. The maximum absolute atomic E-state index is 12.4. The molecule has 0 saturated heterocycles. The number of nitrogens with zero attached hydrogens (tertiary/aromatic N) is 2. The maximum atomic E-state index is 12.4. The lowest BCUT2D eigenvalue weighted by molar-refractivity contribution is -0.117. The number of hydrogen-bond donors (Lipinski definition) is 0. The Kier molecular flexibility index (Phi) is 5.42. The van der Waals surface area contributed by atoms with E-state index in [9.17, 15) is 4.79 Å². The molecule has 1 amide bonds. The predicted molar refractivity (Wildman–Crippen MR) is 104 cm³/mol. The third kappa shape index (κ3) is 3.65. The summed E-state index contributed by atoms with van der Waals surface area (Å²) in [7, 11) is 3.23. The zero-order chi connectivity index (χ0) is 18.7. The number of amides is 1. The Morgan fingerprint density at radius 1 is 1.12 bits per heavy atom. The monoisotopic (exact) mass is 370 g/mol. The molecule has 0 bridgehead atoms. The molecule has 0 spiro atoms. The number of benzene rings is 2. The van der Waals surface area contributed by atoms with Crippen LogP contribution < -0.4 is 14.3 Å². The van der Waals surface area contributed by atoms with Crippen LogP contribution in [0.4, 0.5) is 0 Å². The normalized spacial score (nSPS) is 11.8. The summed E-state index contributed by atoms with van der Waals surface area (Å²) in [5, 5.41) is 0. The van der Waals surface area contributed by atoms with Crippen molar-refractivity contribution in [3.05, 3.63) is 52.3 Å². The first-order chi connectivity index (χ1) is 12.5. The van der Waals surface area contributed by atoms with Crippen LogP contribution >= 0.6 is 11.3 Å². The largest absolute Gasteiger partial charge is 0.493 e. The van der Waals surface area contributed by atoms with Crippen LogP contribution in [0.3, 0.4) is 0 Å². The van der Waals surface area contributed by atoms with Crippen LogP contribution in [0.25, 0.3) is 10.2 Å². The van der Waals surface area contributed by atoms with E-state index in [-0.39, 0.29) is 5.91 Å². The quantitative estimate of drug-likeness (QED) is 0.688. The van der Waals surface area contributed by atoms with E-state index in [1.165, 1.54) is 16.9 Å². The molecule has 0 N–H and O–H groups in total. The van der Waals surface area contributed by atoms with Crippen molar-refractivity contribution < 1.29 is 14.3 Å². The molecule has 6 heteroatoms. The van der Waals surface area contributed by atoms with Gasteiger partial charge in [-0.05, 0) is 19.4 Å². The Morgan fingerprint density at radius 3 is 2.38 bits per heavy atom. The minimum atomic E-state index is -0.151. The summed E-state index contributed by atoms with van der Waals surface area (Å²) in [5.74, 6) is 1.18. The van der Waals surface area contributed by atoms with Crippen LogP contribution in [0.2, 0.25) is 0 Å². The number of hydrogen-bond acceptors (Lipinski definition) is 4. The second kappa shape index (κ2) is 7.74. The lowest BCUT2D eigenvalue weighted by atomic mass is 10.1. The van der Waals surface area contributed by atoms with Crippen molar-refractivity contribution >= 4 is 27.5 Å². The lowest BCUT2D eigenvalue weighted by Gasteiger charge is -2.08. The minimum Gasteiger partial charge on any atom is -0.493 e. The smallest absolute Gasteiger partial charge is 0.252 e. The SMILES string of the molecule is CCn1c(=NC(=O)Cc2ccc(C)cc2)sc2cc(OC)c(OC)cc21. The van der Waals surface area contributed by atoms with Gasteiger partial charge in [-0.1, -0.05) is 41.2 Å². The number of rotatable bonds is 5. The van der Waals surface area contributed by atoms with Gasteiger partial charge in [-0.15, -0.1) is 0 Å². The highest BCUT2D eigenvalue weighted by Gasteiger charge is 2.12. The summed E-state index contributed by atoms with van der Waals surface area (Å²) in [6.07, 6.45) is 0.297. The Labute approximate surface area is 156 Å². The molecule has 3 aromatic rings. The fourth-order valence-corrected chi connectivity index (χ4v) is 3.94. The standard InChI is InChI=1S/C20H22N2O3S/c1-5-22-15-11-16(24-3)17(25-4)12-18(15)26-20(22)21-19(23)10-14-8-6-13(2)7-9-14/h6-9,11-12H,5,10H2,1-4H3. The Morgan fingerprint density at radius 2 is 1.77 bits per heavy atom. The molecular weight excluding hydrogens is 348 g/mol. The van der Waals surface area contributed by atoms with Gasteiger partial charge < -0.3 is 14.0 Å². The van der Waals surface area contributed by atoms with Gasteiger partial charge in [-0.2, -0.15) is 4.99 Å². The number of aromatic nitrogens is 1. The highest BCUT2D eigenvalue weighted by molar-refractivity contribution is 7.16. The van der Waals surface area contributed by atoms with Crippen LogP contribution in [0.15, 0.2) is 41.4 Å². The van der Waals surface area contributed by atoms with E-state index < -0.39 is 0 Å². The molecule has 0 saturated carbocycles. The fraction of sp³-hybridized carbons (Fsp3) is 0.300. The van der Waals surface area contributed by atoms with Gasteiger partial charge in [-0.25, -0.2) is 0 Å². The van der Waals surface area contributed by atoms with E-state index in [4.69, 9.17) is 9.47 Å². The minimum absolute atomic E-state index is 0.151. The van der Waals surface area contributed by atoms with Crippen LogP contribution in [0, 0.1) is 6.92 Å². The van der Waals surface area contributed by atoms with E-state index in [1.807, 2.05) is 54.8 Å². The second-order valence-corrected chi connectivity index (χ2v) is 6.98. The van der Waals surface area contributed by atoms with Crippen molar-refractivity contribution in [2.24, 2.45) is 4.99 Å². The molecular formula is C20H22N2O3S. The molecule has 3 rings (SSSR count). The van der Waals surface area contributed by atoms with E-state index in [0.29, 0.717) is 29.3 Å². The van der Waals surface area contributed by atoms with Gasteiger partial charge in [0.15, 0.2) is 16.3 Å². The van der Waals surface area contributed by atoms with E-state index in [0.717, 1.165) is 15.8 Å². The van der Waals surface area contributed by atoms with Crippen molar-refractivity contribution in [1.82, 2.24) is 4.57 Å². The molecule has 0 unspecified atom stereocenters. The first kappa shape index (κ1) is 18.2. The van der Waals surface area contributed by atoms with Gasteiger partial charge >= 0.3 is 0 Å². The topological polar surface area (TPSA) is 52.8 Å². The first-order valence-electron chi connectivity index (χ1n) is 8.44. The van der Waals surface area contributed by atoms with Crippen molar-refractivity contribution in [1.29, 1.82) is 0 Å². The number of carbonyl (C=O) groups is 1. The third-order valence-electron chi connectivity index (χ3n) is 4.20. The highest BCUT2D eigenvalue weighted by atomic mass is 32.1. The van der Waals surface area contributed by atoms with E-state index in [2.05, 4.69) is 4.99 Å². The summed E-state index contributed by atoms with van der Waals surface area (Å²) in [6, 6.07) is 11.8.